The molecule has 1 aliphatic heterocycles. The third-order valence-corrected chi connectivity index (χ3v) is 4.57. The molecule has 2 aromatic carbocycles. The number of morpholine rings is 1. The van der Waals surface area contributed by atoms with Gasteiger partial charge >= 0.3 is 0 Å². The monoisotopic (exact) mass is 309 g/mol. The quantitative estimate of drug-likeness (QED) is 0.830. The number of hydrogen-bond donors (Lipinski definition) is 0. The number of benzene rings is 2. The van der Waals surface area contributed by atoms with E-state index in [4.69, 9.17) is 4.74 Å². The fraction of sp³-hybridized carbons (Fsp3) is 0.429. The molecule has 2 heteroatoms. The zero-order valence-corrected chi connectivity index (χ0v) is 14.5. The Morgan fingerprint density at radius 1 is 0.913 bits per heavy atom. The van der Waals surface area contributed by atoms with Crippen molar-refractivity contribution >= 4 is 5.69 Å². The second kappa shape index (κ2) is 7.18. The highest BCUT2D eigenvalue weighted by Crippen LogP contribution is 2.25. The molecule has 122 valence electrons. The first-order chi connectivity index (χ1) is 11.1. The summed E-state index contributed by atoms with van der Waals surface area (Å²) < 4.78 is 5.85. The number of rotatable bonds is 4. The molecule has 1 heterocycles. The maximum absolute atomic E-state index is 5.85. The Hall–Kier alpha value is -1.80. The number of aryl methyl sites for hydroxylation is 3. The molecule has 0 N–H and O–H groups in total. The molecule has 0 aliphatic carbocycles. The second-order valence-electron chi connectivity index (χ2n) is 6.77. The Kier molecular flexibility index (Phi) is 5.02. The molecule has 0 amide bonds. The van der Waals surface area contributed by atoms with Crippen molar-refractivity contribution in [3.63, 3.8) is 0 Å². The fourth-order valence-corrected chi connectivity index (χ4v) is 3.54. The standard InChI is InChI=1S/C21H27NO/c1-16-13-20(10-9-19-7-5-4-6-8-19)11-12-21(16)22-14-17(2)23-18(3)15-22/h4-8,11-13,17-18H,9-10,14-15H2,1-3H3/t17-,18+. The van der Waals surface area contributed by atoms with Crippen LogP contribution in [-0.4, -0.2) is 25.3 Å². The Morgan fingerprint density at radius 3 is 2.22 bits per heavy atom. The van der Waals surface area contributed by atoms with E-state index in [0.717, 1.165) is 25.9 Å². The number of anilines is 1. The maximum atomic E-state index is 5.85. The van der Waals surface area contributed by atoms with Gasteiger partial charge in [0.2, 0.25) is 0 Å². The summed E-state index contributed by atoms with van der Waals surface area (Å²) in [6.45, 7) is 8.51. The zero-order valence-electron chi connectivity index (χ0n) is 14.5. The van der Waals surface area contributed by atoms with Crippen LogP contribution in [0, 0.1) is 6.92 Å². The van der Waals surface area contributed by atoms with E-state index < -0.39 is 0 Å². The van der Waals surface area contributed by atoms with Crippen molar-refractivity contribution in [2.75, 3.05) is 18.0 Å². The first-order valence-corrected chi connectivity index (χ1v) is 8.65. The van der Waals surface area contributed by atoms with Crippen molar-refractivity contribution in [3.8, 4) is 0 Å². The van der Waals surface area contributed by atoms with E-state index in [-0.39, 0.29) is 0 Å². The molecule has 0 aromatic heterocycles. The van der Waals surface area contributed by atoms with Gasteiger partial charge in [0.1, 0.15) is 0 Å². The maximum Gasteiger partial charge on any atom is 0.0726 e. The Bertz CT molecular complexity index is 628. The predicted molar refractivity (Wildman–Crippen MR) is 97.3 cm³/mol. The van der Waals surface area contributed by atoms with Crippen molar-refractivity contribution in [3.05, 3.63) is 65.2 Å². The minimum atomic E-state index is 0.302. The van der Waals surface area contributed by atoms with Crippen LogP contribution < -0.4 is 4.90 Å². The molecule has 2 aromatic rings. The Balaban J connectivity index is 1.68. The van der Waals surface area contributed by atoms with Crippen molar-refractivity contribution in [2.45, 2.75) is 45.8 Å². The molecule has 2 atom stereocenters. The van der Waals surface area contributed by atoms with Crippen LogP contribution in [0.2, 0.25) is 0 Å². The van der Waals surface area contributed by atoms with Crippen molar-refractivity contribution in [2.24, 2.45) is 0 Å². The summed E-state index contributed by atoms with van der Waals surface area (Å²) in [5.74, 6) is 0. The highest BCUT2D eigenvalue weighted by molar-refractivity contribution is 5.55. The van der Waals surface area contributed by atoms with E-state index >= 15 is 0 Å². The van der Waals surface area contributed by atoms with E-state index in [1.165, 1.54) is 22.4 Å². The minimum absolute atomic E-state index is 0.302. The molecule has 2 nitrogen and oxygen atoms in total. The van der Waals surface area contributed by atoms with Crippen molar-refractivity contribution < 1.29 is 4.74 Å². The first-order valence-electron chi connectivity index (χ1n) is 8.65. The largest absolute Gasteiger partial charge is 0.372 e. The molecule has 3 rings (SSSR count). The van der Waals surface area contributed by atoms with E-state index in [2.05, 4.69) is 74.2 Å². The summed E-state index contributed by atoms with van der Waals surface area (Å²) in [5, 5.41) is 0. The van der Waals surface area contributed by atoms with Crippen LogP contribution >= 0.6 is 0 Å². The van der Waals surface area contributed by atoms with E-state index in [1.54, 1.807) is 0 Å². The smallest absolute Gasteiger partial charge is 0.0726 e. The number of hydrogen-bond acceptors (Lipinski definition) is 2. The Morgan fingerprint density at radius 2 is 1.57 bits per heavy atom. The van der Waals surface area contributed by atoms with Gasteiger partial charge in [-0.3, -0.25) is 0 Å². The van der Waals surface area contributed by atoms with Gasteiger partial charge in [0.15, 0.2) is 0 Å². The normalized spacial score (nSPS) is 21.4. The third kappa shape index (κ3) is 4.14. The first kappa shape index (κ1) is 16.1. The van der Waals surface area contributed by atoms with Gasteiger partial charge < -0.3 is 9.64 Å². The van der Waals surface area contributed by atoms with Gasteiger partial charge in [0, 0.05) is 18.8 Å². The highest BCUT2D eigenvalue weighted by Gasteiger charge is 2.23. The molecule has 0 saturated carbocycles. The van der Waals surface area contributed by atoms with Crippen LogP contribution in [0.1, 0.15) is 30.5 Å². The Labute approximate surface area is 140 Å². The summed E-state index contributed by atoms with van der Waals surface area (Å²) in [4.78, 5) is 2.47. The molecule has 0 radical (unpaired) electrons. The predicted octanol–water partition coefficient (Wildman–Crippen LogP) is 4.39. The fourth-order valence-electron chi connectivity index (χ4n) is 3.54. The van der Waals surface area contributed by atoms with Crippen LogP contribution in [0.15, 0.2) is 48.5 Å². The van der Waals surface area contributed by atoms with Crippen LogP contribution in [0.4, 0.5) is 5.69 Å². The molecule has 23 heavy (non-hydrogen) atoms. The van der Waals surface area contributed by atoms with Crippen LogP contribution in [0.25, 0.3) is 0 Å². The number of nitrogens with zero attached hydrogens (tertiary/aromatic N) is 1. The lowest BCUT2D eigenvalue weighted by Crippen LogP contribution is -2.45. The third-order valence-electron chi connectivity index (χ3n) is 4.57. The molecule has 1 saturated heterocycles. The van der Waals surface area contributed by atoms with E-state index in [0.29, 0.717) is 12.2 Å². The van der Waals surface area contributed by atoms with Crippen LogP contribution in [0.5, 0.6) is 0 Å². The summed E-state index contributed by atoms with van der Waals surface area (Å²) in [5.41, 5.74) is 5.56. The van der Waals surface area contributed by atoms with Gasteiger partial charge in [-0.15, -0.1) is 0 Å². The van der Waals surface area contributed by atoms with E-state index in [9.17, 15) is 0 Å². The molecule has 1 fully saturated rings. The summed E-state index contributed by atoms with van der Waals surface area (Å²) in [7, 11) is 0. The van der Waals surface area contributed by atoms with Gasteiger partial charge in [-0.1, -0.05) is 42.5 Å². The lowest BCUT2D eigenvalue weighted by molar-refractivity contribution is -0.00524. The molecular weight excluding hydrogens is 282 g/mol. The minimum Gasteiger partial charge on any atom is -0.372 e. The molecule has 0 spiro atoms. The summed E-state index contributed by atoms with van der Waals surface area (Å²) >= 11 is 0. The zero-order chi connectivity index (χ0) is 16.2. The average Bonchev–Trinajstić information content (AvgIpc) is 2.53. The van der Waals surface area contributed by atoms with Gasteiger partial charge in [-0.25, -0.2) is 0 Å². The molecule has 0 bridgehead atoms. The van der Waals surface area contributed by atoms with Gasteiger partial charge in [-0.05, 0) is 56.4 Å². The summed E-state index contributed by atoms with van der Waals surface area (Å²) in [6.07, 6.45) is 2.80. The summed E-state index contributed by atoms with van der Waals surface area (Å²) in [6, 6.07) is 17.6. The second-order valence-corrected chi connectivity index (χ2v) is 6.77. The highest BCUT2D eigenvalue weighted by atomic mass is 16.5. The van der Waals surface area contributed by atoms with Crippen molar-refractivity contribution in [1.82, 2.24) is 0 Å². The van der Waals surface area contributed by atoms with Gasteiger partial charge in [0.25, 0.3) is 0 Å². The van der Waals surface area contributed by atoms with Crippen molar-refractivity contribution in [1.29, 1.82) is 0 Å². The lowest BCUT2D eigenvalue weighted by Gasteiger charge is -2.37. The SMILES string of the molecule is Cc1cc(CCc2ccccc2)ccc1N1C[C@@H](C)O[C@@H](C)C1. The number of ether oxygens (including phenoxy) is 1. The molecule has 0 unspecified atom stereocenters. The van der Waals surface area contributed by atoms with E-state index in [1.807, 2.05) is 0 Å². The molecule has 1 aliphatic rings. The lowest BCUT2D eigenvalue weighted by atomic mass is 10.0. The average molecular weight is 309 g/mol. The van der Waals surface area contributed by atoms with Gasteiger partial charge in [0.05, 0.1) is 12.2 Å². The van der Waals surface area contributed by atoms with Gasteiger partial charge in [-0.2, -0.15) is 0 Å². The topological polar surface area (TPSA) is 12.5 Å². The molecular formula is C21H27NO. The van der Waals surface area contributed by atoms with Crippen LogP contribution in [0.3, 0.4) is 0 Å². The van der Waals surface area contributed by atoms with Crippen LogP contribution in [-0.2, 0) is 17.6 Å².